The molecular formula is C101H184N22O7. The lowest BCUT2D eigenvalue weighted by Gasteiger charge is -2.41. The van der Waals surface area contributed by atoms with E-state index < -0.39 is 5.97 Å². The van der Waals surface area contributed by atoms with Crippen LogP contribution in [-0.2, 0) is 32.1 Å². The lowest BCUT2D eigenvalue weighted by atomic mass is 9.81. The Morgan fingerprint density at radius 1 is 0.438 bits per heavy atom. The molecule has 0 aliphatic carbocycles. The summed E-state index contributed by atoms with van der Waals surface area (Å²) in [6.45, 7) is 43.8. The van der Waals surface area contributed by atoms with Crippen molar-refractivity contribution in [3.8, 4) is 0 Å². The summed E-state index contributed by atoms with van der Waals surface area (Å²) in [5.41, 5.74) is 8.76. The Labute approximate surface area is 787 Å². The van der Waals surface area contributed by atoms with Gasteiger partial charge in [-0.15, -0.1) is 0 Å². The number of hydrogen-bond acceptors (Lipinski definition) is 25. The maximum atomic E-state index is 12.1. The number of unbranched alkanes of at least 4 members (excludes halogenated alkanes) is 1. The van der Waals surface area contributed by atoms with Crippen LogP contribution in [-0.4, -0.2) is 432 Å². The van der Waals surface area contributed by atoms with Crippen molar-refractivity contribution in [2.45, 2.75) is 172 Å². The fraction of sp³-hybridized carbons (Fsp3) is 0.782. The number of likely N-dealkylation sites (N-methyl/N-ethyl adjacent to an activating group) is 1. The number of piperidine rings is 6. The minimum atomic E-state index is -0.660. The van der Waals surface area contributed by atoms with E-state index in [9.17, 15) is 24.3 Å². The van der Waals surface area contributed by atoms with E-state index >= 15 is 0 Å². The maximum Gasteiger partial charge on any atom is 0.320 e. The third kappa shape index (κ3) is 43.1. The molecule has 29 nitrogen and oxygen atoms in total. The Hall–Kier alpha value is -5.78. The zero-order valence-electron chi connectivity index (χ0n) is 83.4. The van der Waals surface area contributed by atoms with E-state index in [1.807, 2.05) is 14.7 Å². The van der Waals surface area contributed by atoms with Gasteiger partial charge in [0.05, 0.1) is 13.2 Å². The van der Waals surface area contributed by atoms with Crippen molar-refractivity contribution in [2.75, 3.05) is 336 Å². The van der Waals surface area contributed by atoms with E-state index in [-0.39, 0.29) is 24.0 Å². The molecule has 13 heterocycles. The van der Waals surface area contributed by atoms with Crippen LogP contribution < -0.4 is 57.7 Å². The number of aliphatic hydroxyl groups excluding tert-OH is 1. The van der Waals surface area contributed by atoms with E-state index in [4.69, 9.17) is 5.11 Å². The maximum absolute atomic E-state index is 12.1. The number of anilines is 2. The molecule has 1 unspecified atom stereocenters. The Kier molecular flexibility index (Phi) is 52.9. The first-order valence-corrected chi connectivity index (χ1v) is 50.8. The molecule has 0 bridgehead atoms. The molecule has 13 aliphatic heterocycles. The van der Waals surface area contributed by atoms with E-state index in [2.05, 4.69) is 245 Å². The van der Waals surface area contributed by atoms with Crippen molar-refractivity contribution in [2.24, 2.45) is 17.3 Å². The molecule has 13 fully saturated rings. The van der Waals surface area contributed by atoms with Crippen LogP contribution in [0.2, 0.25) is 0 Å². The molecule has 130 heavy (non-hydrogen) atoms. The molecule has 29 heteroatoms. The first-order valence-electron chi connectivity index (χ1n) is 50.8. The molecule has 0 saturated carbocycles. The zero-order valence-corrected chi connectivity index (χ0v) is 83.4. The number of aliphatic carboxylic acids is 1. The van der Waals surface area contributed by atoms with Crippen molar-refractivity contribution >= 4 is 35.3 Å². The lowest BCUT2D eigenvalue weighted by molar-refractivity contribution is -0.142. The van der Waals surface area contributed by atoms with Gasteiger partial charge in [-0.25, -0.2) is 4.79 Å². The molecule has 0 radical (unpaired) electrons. The van der Waals surface area contributed by atoms with Gasteiger partial charge in [-0.2, -0.15) is 0 Å². The number of carbonyl (C=O) groups is 4. The topological polar surface area (TPSA) is 268 Å². The van der Waals surface area contributed by atoms with Gasteiger partial charge in [-0.3, -0.25) is 19.3 Å². The van der Waals surface area contributed by atoms with Crippen molar-refractivity contribution < 1.29 is 34.1 Å². The number of nitrogens with one attached hydrogen (secondary N) is 9. The van der Waals surface area contributed by atoms with Crippen molar-refractivity contribution in [1.82, 2.24) is 102 Å². The second-order valence-electron chi connectivity index (χ2n) is 39.9. The molecular weight excluding hydrogens is 1630 g/mol. The Balaban J connectivity index is 0.000000182. The standard InChI is InChI=1S/C16H27N3O.C16H27N3.C14H22N2.C12H25N3.C11H21N3O.C10H20N4O.C8H15NO2.C7H14N2.C7H13NO2/c1-18(2)11-3-4-16(20)14-5-7-15(8-6-14)19-12-9-17-10-13-19;1-18(2)12-4-3-5-15-6-8-16(9-7-15)19-13-10-17-11-14-19;1-16(2)11-12-3-5-13(6-4-12)14-7-9-15-10-8-14;1-14(2)11-5-9-15(10-6-11)12-3-7-13-8-4-12;1-10(15)13-6-8-14(9-7-13)11-2-4-12-5-3-11;1-12-6-8-14(9-7-12)10(15)13-4-2-11-3-5-13;1-11-8(10)6-7-2-4-9-5-3-7;1-9-3-2-7(6-9)4-8-5-7;9-7(10)5-6-1-3-8-4-2-6/h5-8,16-17,20H,3-4,9-13H2,1-2H3;6-9,17H,3-5,10-14H2,1-2H3;3-6,14-15H,7-11H2,1-2H3;11-13H,3-10H2,1-2H3;11-12H,2-9H2,1H3;11H,2-9H2,1H3;7,9H,2-6H2,1H3;8H,2-6H2,1H3;6,8H,1-5H2,(H,9,10). The summed E-state index contributed by atoms with van der Waals surface area (Å²) in [6.07, 6.45) is 22.4. The number of benzene rings is 3. The summed E-state index contributed by atoms with van der Waals surface area (Å²) in [5, 5.41) is 48.7. The summed E-state index contributed by atoms with van der Waals surface area (Å²) in [5.74, 6) is 1.22. The Morgan fingerprint density at radius 3 is 1.30 bits per heavy atom. The summed E-state index contributed by atoms with van der Waals surface area (Å²) in [6, 6.07) is 29.4. The molecule has 0 aromatic heterocycles. The van der Waals surface area contributed by atoms with Crippen LogP contribution in [0.5, 0.6) is 0 Å². The van der Waals surface area contributed by atoms with Gasteiger partial charge in [0.1, 0.15) is 0 Å². The molecule has 1 atom stereocenters. The largest absolute Gasteiger partial charge is 0.481 e. The summed E-state index contributed by atoms with van der Waals surface area (Å²) in [4.78, 5) is 74.1. The van der Waals surface area contributed by atoms with E-state index in [0.29, 0.717) is 30.1 Å². The van der Waals surface area contributed by atoms with Crippen molar-refractivity contribution in [1.29, 1.82) is 0 Å². The van der Waals surface area contributed by atoms with Gasteiger partial charge in [0.25, 0.3) is 0 Å². The second kappa shape index (κ2) is 62.8. The molecule has 13 saturated heterocycles. The first kappa shape index (κ1) is 110. The van der Waals surface area contributed by atoms with Crippen LogP contribution in [0.25, 0.3) is 0 Å². The number of amides is 3. The highest BCUT2D eigenvalue weighted by molar-refractivity contribution is 5.75. The lowest BCUT2D eigenvalue weighted by Crippen LogP contribution is -2.55. The SMILES string of the molecule is CC(=O)N1CCN(C2CCNCC2)CC1.CN(C)C1CCN(C2CCNCC2)CC1.CN(C)CCCC(O)c1ccc(N2CCNCC2)cc1.CN(C)CCCCc1ccc(N2CCNCC2)cc1.CN(C)Cc1ccc(C2CCNCC2)cc1.CN1CCC2(CNC2)C1.CN1CCN(C(=O)N2CCNCC2)CC1.COC(=O)CC1CCNCC1.O=C(O)CC1CCNCC1. The fourth-order valence-corrected chi connectivity index (χ4v) is 19.8. The highest BCUT2D eigenvalue weighted by Crippen LogP contribution is 2.33. The number of aliphatic hydroxyl groups is 1. The van der Waals surface area contributed by atoms with Crippen LogP contribution in [0.3, 0.4) is 0 Å². The van der Waals surface area contributed by atoms with Gasteiger partial charge in [0, 0.05) is 212 Å². The summed E-state index contributed by atoms with van der Waals surface area (Å²) >= 11 is 0. The third-order valence-electron chi connectivity index (χ3n) is 28.4. The normalized spacial score (nSPS) is 21.7. The van der Waals surface area contributed by atoms with Gasteiger partial charge in [0.2, 0.25) is 5.91 Å². The van der Waals surface area contributed by atoms with Crippen LogP contribution >= 0.6 is 0 Å². The molecule has 11 N–H and O–H groups in total. The smallest absolute Gasteiger partial charge is 0.320 e. The number of aryl methyl sites for hydroxylation is 1. The van der Waals surface area contributed by atoms with E-state index in [1.165, 1.54) is 184 Å². The minimum absolute atomic E-state index is 0.0723. The Morgan fingerprint density at radius 2 is 0.869 bits per heavy atom. The molecule has 3 aromatic carbocycles. The molecule has 1 spiro atoms. The average Bonchev–Trinajstić information content (AvgIpc) is 1.66. The van der Waals surface area contributed by atoms with E-state index in [0.717, 1.165) is 251 Å². The van der Waals surface area contributed by atoms with Crippen LogP contribution in [0, 0.1) is 17.3 Å². The van der Waals surface area contributed by atoms with Gasteiger partial charge < -0.3 is 122 Å². The number of carboxylic acids is 1. The molecule has 13 aliphatic rings. The van der Waals surface area contributed by atoms with Crippen molar-refractivity contribution in [3.63, 3.8) is 0 Å². The molecule has 3 aromatic rings. The monoisotopic (exact) mass is 1820 g/mol. The number of ether oxygens (including phenoxy) is 1. The number of rotatable bonds is 22. The zero-order chi connectivity index (χ0) is 93.1. The fourth-order valence-electron chi connectivity index (χ4n) is 19.8. The Bertz CT molecular complexity index is 3420. The number of hydrogen-bond donors (Lipinski definition) is 11. The average molecular weight is 1820 g/mol. The number of methoxy groups -OCH3 is 1. The predicted molar refractivity (Wildman–Crippen MR) is 536 cm³/mol. The third-order valence-corrected chi connectivity index (χ3v) is 28.4. The number of carboxylic acid groups (broad SMARTS) is 1. The van der Waals surface area contributed by atoms with Crippen LogP contribution in [0.4, 0.5) is 16.2 Å². The van der Waals surface area contributed by atoms with Crippen LogP contribution in [0.15, 0.2) is 72.8 Å². The van der Waals surface area contributed by atoms with E-state index in [1.54, 1.807) is 6.92 Å². The first-order chi connectivity index (χ1) is 62.9. The summed E-state index contributed by atoms with van der Waals surface area (Å²) in [7, 11) is 22.8. The highest BCUT2D eigenvalue weighted by atomic mass is 16.5. The minimum Gasteiger partial charge on any atom is -0.481 e. The highest BCUT2D eigenvalue weighted by Gasteiger charge is 2.41. The quantitative estimate of drug-likeness (QED) is 0.0378. The molecule has 3 amide bonds. The number of nitrogens with zero attached hydrogens (tertiary/aromatic N) is 13. The second-order valence-corrected chi connectivity index (χ2v) is 39.9. The van der Waals surface area contributed by atoms with Crippen LogP contribution in [0.1, 0.15) is 163 Å². The van der Waals surface area contributed by atoms with Crippen molar-refractivity contribution in [3.05, 3.63) is 95.1 Å². The molecule has 740 valence electrons. The van der Waals surface area contributed by atoms with Gasteiger partial charge in [0.15, 0.2) is 0 Å². The number of likely N-dealkylation sites (tertiary alicyclic amines) is 2. The van der Waals surface area contributed by atoms with Gasteiger partial charge in [-0.1, -0.05) is 48.5 Å². The van der Waals surface area contributed by atoms with Gasteiger partial charge in [-0.05, 0) is 348 Å². The number of piperazine rings is 5. The number of carbonyl (C=O) groups excluding carboxylic acids is 3. The molecule has 16 rings (SSSR count). The number of esters is 1. The number of urea groups is 1. The summed E-state index contributed by atoms with van der Waals surface area (Å²) < 4.78 is 4.59. The predicted octanol–water partition coefficient (Wildman–Crippen LogP) is 6.51. The van der Waals surface area contributed by atoms with Gasteiger partial charge >= 0.3 is 18.0 Å².